The smallest absolute Gasteiger partial charge is 0.335 e. The number of hydrogen-bond acceptors (Lipinski definition) is 13. The lowest BCUT2D eigenvalue weighted by molar-refractivity contribution is -0.155. The van der Waals surface area contributed by atoms with Crippen molar-refractivity contribution in [3.05, 3.63) is 54.2 Å². The van der Waals surface area contributed by atoms with E-state index in [1.54, 1.807) is 6.07 Å². The highest BCUT2D eigenvalue weighted by molar-refractivity contribution is 5.86. The Morgan fingerprint density at radius 3 is 2.73 bits per heavy atom. The molecular weight excluding hydrogens is 522 g/mol. The van der Waals surface area contributed by atoms with E-state index in [1.807, 2.05) is 30.3 Å². The number of nitrogens with zero attached hydrogens (tertiary/aromatic N) is 8. The number of aromatic nitrogens is 5. The summed E-state index contributed by atoms with van der Waals surface area (Å²) in [6.07, 6.45) is -2.51. The molecular formula is C25H23N9O6. The molecule has 15 heteroatoms. The number of hydrogen-bond donors (Lipinski definition) is 4. The first-order valence-electron chi connectivity index (χ1n) is 12.6. The fourth-order valence-electron chi connectivity index (χ4n) is 5.15. The average Bonchev–Trinajstić information content (AvgIpc) is 3.77. The van der Waals surface area contributed by atoms with Crippen molar-refractivity contribution in [3.8, 4) is 0 Å². The van der Waals surface area contributed by atoms with Crippen LogP contribution in [0.3, 0.4) is 0 Å². The summed E-state index contributed by atoms with van der Waals surface area (Å²) in [5.74, 6) is -0.868. The summed E-state index contributed by atoms with van der Waals surface area (Å²) in [7, 11) is 0. The third-order valence-electron chi connectivity index (χ3n) is 7.28. The van der Waals surface area contributed by atoms with Gasteiger partial charge in [0.1, 0.15) is 12.2 Å². The molecule has 3 aliphatic rings. The lowest BCUT2D eigenvalue weighted by Crippen LogP contribution is -2.35. The number of anilines is 1. The van der Waals surface area contributed by atoms with Crippen LogP contribution in [0, 0.1) is 0 Å². The van der Waals surface area contributed by atoms with Gasteiger partial charge in [-0.25, -0.2) is 24.7 Å². The summed E-state index contributed by atoms with van der Waals surface area (Å²) in [6, 6.07) is 11.3. The van der Waals surface area contributed by atoms with Gasteiger partial charge in [0.25, 0.3) is 0 Å². The average molecular weight is 546 g/mol. The second-order valence-corrected chi connectivity index (χ2v) is 9.78. The van der Waals surface area contributed by atoms with E-state index in [2.05, 4.69) is 25.7 Å². The summed E-state index contributed by atoms with van der Waals surface area (Å²) < 4.78 is 12.4. The van der Waals surface area contributed by atoms with E-state index in [9.17, 15) is 20.1 Å². The number of para-hydroxylation sites is 1. The quantitative estimate of drug-likeness (QED) is 0.269. The Kier molecular flexibility index (Phi) is 5.74. The molecule has 2 saturated heterocycles. The van der Waals surface area contributed by atoms with E-state index in [-0.39, 0.29) is 17.5 Å². The number of fused-ring (bicyclic) bond motifs is 2. The molecule has 4 aromatic rings. The number of carboxylic acid groups (broad SMARTS) is 1. The number of benzene rings is 1. The van der Waals surface area contributed by atoms with Crippen molar-refractivity contribution < 1.29 is 29.6 Å². The standard InChI is InChI=1S/C25H23N9O6/c35-17-18(36)22(40-19(17)23(37)38)34-11-26-16-20(28-13-7-8-39-9-13)30-24(31-21(16)34)25(10-27-33-32-25)15-6-5-12-3-1-2-4-14(12)29-15/h1-6,10-11,13,17-19,22,35-36H,7-9H2,(H,37,38)(H,28,30,31)/t13-,17-,18+,19+,22-,25?/m1/s1. The van der Waals surface area contributed by atoms with Gasteiger partial charge in [-0.15, -0.1) is 10.2 Å². The Bertz CT molecular complexity index is 1670. The first-order valence-corrected chi connectivity index (χ1v) is 12.6. The molecule has 0 bridgehead atoms. The number of imidazole rings is 1. The maximum Gasteiger partial charge on any atom is 0.335 e. The van der Waals surface area contributed by atoms with Crippen LogP contribution >= 0.6 is 0 Å². The van der Waals surface area contributed by atoms with Crippen LogP contribution in [0.15, 0.2) is 58.2 Å². The van der Waals surface area contributed by atoms with Gasteiger partial charge in [0, 0.05) is 12.0 Å². The molecule has 6 atom stereocenters. The Hall–Kier alpha value is -4.44. The molecule has 1 unspecified atom stereocenters. The van der Waals surface area contributed by atoms with Crippen LogP contribution < -0.4 is 5.32 Å². The fourth-order valence-corrected chi connectivity index (χ4v) is 5.15. The third kappa shape index (κ3) is 3.82. The highest BCUT2D eigenvalue weighted by Crippen LogP contribution is 2.37. The van der Waals surface area contributed by atoms with Crippen molar-refractivity contribution in [1.82, 2.24) is 24.5 Å². The molecule has 0 spiro atoms. The molecule has 15 nitrogen and oxygen atoms in total. The highest BCUT2D eigenvalue weighted by atomic mass is 16.6. The van der Waals surface area contributed by atoms with E-state index in [0.717, 1.165) is 17.3 Å². The summed E-state index contributed by atoms with van der Waals surface area (Å²) in [5, 5.41) is 47.0. The largest absolute Gasteiger partial charge is 0.479 e. The van der Waals surface area contributed by atoms with Crippen LogP contribution in [0.25, 0.3) is 22.1 Å². The van der Waals surface area contributed by atoms with E-state index in [1.165, 1.54) is 17.1 Å². The Balaban J connectivity index is 1.40. The number of carbonyl (C=O) groups is 1. The number of nitrogens with one attached hydrogen (secondary N) is 1. The van der Waals surface area contributed by atoms with Crippen LogP contribution in [0.2, 0.25) is 0 Å². The number of rotatable bonds is 6. The zero-order valence-electron chi connectivity index (χ0n) is 20.8. The van der Waals surface area contributed by atoms with E-state index in [4.69, 9.17) is 24.4 Å². The molecule has 0 radical (unpaired) electrons. The number of aliphatic hydroxyl groups is 2. The topological polar surface area (TPSA) is 202 Å². The van der Waals surface area contributed by atoms with Gasteiger partial charge in [-0.2, -0.15) is 0 Å². The molecule has 1 aromatic carbocycles. The van der Waals surface area contributed by atoms with E-state index in [0.29, 0.717) is 30.2 Å². The lowest BCUT2D eigenvalue weighted by atomic mass is 9.95. The lowest BCUT2D eigenvalue weighted by Gasteiger charge is -2.22. The summed E-state index contributed by atoms with van der Waals surface area (Å²) in [4.78, 5) is 30.4. The number of carboxylic acids is 1. The number of ether oxygens (including phenoxy) is 2. The maximum absolute atomic E-state index is 11.6. The summed E-state index contributed by atoms with van der Waals surface area (Å²) >= 11 is 0. The molecule has 0 aliphatic carbocycles. The molecule has 3 aliphatic heterocycles. The first-order chi connectivity index (χ1) is 19.4. The van der Waals surface area contributed by atoms with Gasteiger partial charge in [0.2, 0.25) is 5.54 Å². The van der Waals surface area contributed by atoms with Crippen molar-refractivity contribution in [1.29, 1.82) is 0 Å². The van der Waals surface area contributed by atoms with Gasteiger partial charge in [-0.05, 0) is 23.8 Å². The molecule has 0 amide bonds. The predicted octanol–water partition coefficient (Wildman–Crippen LogP) is 0.974. The molecule has 40 heavy (non-hydrogen) atoms. The van der Waals surface area contributed by atoms with Crippen molar-refractivity contribution in [2.45, 2.75) is 42.5 Å². The Morgan fingerprint density at radius 1 is 1.10 bits per heavy atom. The molecule has 4 N–H and O–H groups in total. The Morgan fingerprint density at radius 2 is 1.98 bits per heavy atom. The Labute approximate surface area is 225 Å². The second kappa shape index (κ2) is 9.34. The van der Waals surface area contributed by atoms with Gasteiger partial charge in [0.15, 0.2) is 35.1 Å². The summed E-state index contributed by atoms with van der Waals surface area (Å²) in [6.45, 7) is 1.06. The first kappa shape index (κ1) is 24.6. The van der Waals surface area contributed by atoms with Gasteiger partial charge < -0.3 is 30.1 Å². The van der Waals surface area contributed by atoms with Crippen LogP contribution in [-0.2, 0) is 19.8 Å². The van der Waals surface area contributed by atoms with E-state index >= 15 is 0 Å². The van der Waals surface area contributed by atoms with Crippen LogP contribution in [0.1, 0.15) is 24.2 Å². The minimum absolute atomic E-state index is 0.0451. The SMILES string of the molecule is O=C(O)[C@H]1O[C@@H](n2cnc3c(N[C@@H]4CCOC4)nc(C4(c5ccc6ccccc6n5)C=NN=N4)nc32)[C@@H](O)[C@H]1O. The molecule has 3 aromatic heterocycles. The maximum atomic E-state index is 11.6. The molecule has 204 valence electrons. The van der Waals surface area contributed by atoms with Crippen LogP contribution in [0.5, 0.6) is 0 Å². The van der Waals surface area contributed by atoms with E-state index < -0.39 is 36.0 Å². The summed E-state index contributed by atoms with van der Waals surface area (Å²) in [5.41, 5.74) is 0.389. The molecule has 0 saturated carbocycles. The van der Waals surface area contributed by atoms with Gasteiger partial charge in [-0.1, -0.05) is 24.3 Å². The van der Waals surface area contributed by atoms with Crippen molar-refractivity contribution in [2.75, 3.05) is 18.5 Å². The minimum atomic E-state index is -1.65. The zero-order valence-corrected chi connectivity index (χ0v) is 20.8. The van der Waals surface area contributed by atoms with Crippen molar-refractivity contribution >= 4 is 40.1 Å². The van der Waals surface area contributed by atoms with Crippen molar-refractivity contribution in [3.63, 3.8) is 0 Å². The normalized spacial score (nSPS) is 29.6. The van der Waals surface area contributed by atoms with Gasteiger partial charge in [-0.3, -0.25) is 4.57 Å². The minimum Gasteiger partial charge on any atom is -0.479 e. The third-order valence-corrected chi connectivity index (χ3v) is 7.28. The van der Waals surface area contributed by atoms with Gasteiger partial charge in [0.05, 0.1) is 36.4 Å². The molecule has 6 heterocycles. The number of pyridine rings is 1. The monoisotopic (exact) mass is 545 g/mol. The zero-order chi connectivity index (χ0) is 27.4. The van der Waals surface area contributed by atoms with Gasteiger partial charge >= 0.3 is 5.97 Å². The number of aliphatic carboxylic acids is 1. The highest BCUT2D eigenvalue weighted by Gasteiger charge is 2.48. The van der Waals surface area contributed by atoms with Crippen molar-refractivity contribution in [2.24, 2.45) is 15.4 Å². The number of aliphatic hydroxyl groups excluding tert-OH is 2. The second-order valence-electron chi connectivity index (χ2n) is 9.78. The molecule has 2 fully saturated rings. The fraction of sp³-hybridized carbons (Fsp3) is 0.360. The predicted molar refractivity (Wildman–Crippen MR) is 138 cm³/mol. The van der Waals surface area contributed by atoms with Crippen LogP contribution in [0.4, 0.5) is 5.82 Å². The van der Waals surface area contributed by atoms with Crippen LogP contribution in [-0.4, -0.2) is 89.6 Å². The molecule has 7 rings (SSSR count).